The summed E-state index contributed by atoms with van der Waals surface area (Å²) in [4.78, 5) is 12.6. The van der Waals surface area contributed by atoms with Gasteiger partial charge >= 0.3 is 0 Å². The zero-order valence-corrected chi connectivity index (χ0v) is 18.8. The summed E-state index contributed by atoms with van der Waals surface area (Å²) in [6.07, 6.45) is 0.472. The number of hydrogen-bond donors (Lipinski definition) is 3. The molecule has 0 atom stereocenters. The van der Waals surface area contributed by atoms with Gasteiger partial charge < -0.3 is 10.1 Å². The fourth-order valence-corrected chi connectivity index (χ4v) is 4.82. The smallest absolute Gasteiger partial charge is 0.255 e. The van der Waals surface area contributed by atoms with Crippen molar-refractivity contribution in [1.29, 1.82) is 0 Å². The third-order valence-electron chi connectivity index (χ3n) is 4.30. The highest BCUT2D eigenvalue weighted by Crippen LogP contribution is 2.27. The zero-order valence-electron chi connectivity index (χ0n) is 17.1. The van der Waals surface area contributed by atoms with Crippen molar-refractivity contribution in [2.45, 2.75) is 25.2 Å². The summed E-state index contributed by atoms with van der Waals surface area (Å²) in [6.45, 7) is 3.43. The maximum absolute atomic E-state index is 12.7. The Morgan fingerprint density at radius 3 is 2.33 bits per heavy atom. The molecule has 0 bridgehead atoms. The molecule has 0 aliphatic carbocycles. The maximum Gasteiger partial charge on any atom is 0.255 e. The Morgan fingerprint density at radius 1 is 1.07 bits per heavy atom. The molecule has 0 radical (unpaired) electrons. The lowest BCUT2D eigenvalue weighted by atomic mass is 10.1. The lowest BCUT2D eigenvalue weighted by Gasteiger charge is -2.15. The van der Waals surface area contributed by atoms with Crippen molar-refractivity contribution < 1.29 is 26.4 Å². The van der Waals surface area contributed by atoms with Gasteiger partial charge in [-0.05, 0) is 56.3 Å². The van der Waals surface area contributed by atoms with E-state index in [0.29, 0.717) is 23.4 Å². The molecule has 0 saturated carbocycles. The normalized spacial score (nSPS) is 11.7. The van der Waals surface area contributed by atoms with Crippen LogP contribution in [0.3, 0.4) is 0 Å². The number of anilines is 2. The molecule has 11 heteroatoms. The molecule has 0 aliphatic rings. The van der Waals surface area contributed by atoms with E-state index in [-0.39, 0.29) is 22.0 Å². The van der Waals surface area contributed by atoms with Gasteiger partial charge in [-0.1, -0.05) is 13.0 Å². The minimum atomic E-state index is -3.84. The van der Waals surface area contributed by atoms with Crippen molar-refractivity contribution in [3.05, 3.63) is 47.5 Å². The SMILES string of the molecule is CCCS(=O)(=O)Nc1cccc(NC(=O)c2ccc(OC)c(S(=O)(=O)NC)c2)c1C. The van der Waals surface area contributed by atoms with E-state index in [1.54, 1.807) is 32.0 Å². The van der Waals surface area contributed by atoms with Crippen LogP contribution < -0.4 is 19.5 Å². The standard InChI is InChI=1S/C19H25N3O6S2/c1-5-11-29(24,25)22-16-8-6-7-15(13(16)2)21-19(23)14-9-10-17(28-4)18(12-14)30(26,27)20-3/h6-10,12,20,22H,5,11H2,1-4H3,(H,21,23). The minimum Gasteiger partial charge on any atom is -0.495 e. The van der Waals surface area contributed by atoms with Gasteiger partial charge in [0, 0.05) is 11.3 Å². The number of rotatable bonds is 9. The van der Waals surface area contributed by atoms with Gasteiger partial charge in [0.25, 0.3) is 5.91 Å². The average Bonchev–Trinajstić information content (AvgIpc) is 2.70. The maximum atomic E-state index is 12.7. The first kappa shape index (κ1) is 23.6. The number of amides is 1. The molecule has 3 N–H and O–H groups in total. The first-order valence-corrected chi connectivity index (χ1v) is 12.2. The fourth-order valence-electron chi connectivity index (χ4n) is 2.70. The van der Waals surface area contributed by atoms with Crippen molar-refractivity contribution in [3.63, 3.8) is 0 Å². The molecule has 0 heterocycles. The fraction of sp³-hybridized carbons (Fsp3) is 0.316. The van der Waals surface area contributed by atoms with Gasteiger partial charge in [-0.2, -0.15) is 0 Å². The number of methoxy groups -OCH3 is 1. The summed E-state index contributed by atoms with van der Waals surface area (Å²) in [6, 6.07) is 8.87. The largest absolute Gasteiger partial charge is 0.495 e. The van der Waals surface area contributed by atoms with E-state index in [4.69, 9.17) is 4.74 Å². The Morgan fingerprint density at radius 2 is 1.73 bits per heavy atom. The van der Waals surface area contributed by atoms with E-state index < -0.39 is 26.0 Å². The molecule has 0 unspecified atom stereocenters. The zero-order chi connectivity index (χ0) is 22.5. The van der Waals surface area contributed by atoms with Gasteiger partial charge in [0.05, 0.1) is 18.6 Å². The summed E-state index contributed by atoms with van der Waals surface area (Å²) < 4.78 is 58.3. The highest BCUT2D eigenvalue weighted by molar-refractivity contribution is 7.92. The molecule has 2 aromatic rings. The number of benzene rings is 2. The average molecular weight is 456 g/mol. The monoisotopic (exact) mass is 455 g/mol. The Kier molecular flexibility index (Phi) is 7.45. The first-order chi connectivity index (χ1) is 14.0. The van der Waals surface area contributed by atoms with Crippen molar-refractivity contribution in [1.82, 2.24) is 4.72 Å². The van der Waals surface area contributed by atoms with Crippen LogP contribution in [0.5, 0.6) is 5.75 Å². The molecule has 9 nitrogen and oxygen atoms in total. The molecule has 2 aromatic carbocycles. The predicted molar refractivity (Wildman–Crippen MR) is 116 cm³/mol. The molecule has 0 fully saturated rings. The molecular weight excluding hydrogens is 430 g/mol. The second-order valence-electron chi connectivity index (χ2n) is 6.43. The van der Waals surface area contributed by atoms with Crippen LogP contribution in [0.15, 0.2) is 41.3 Å². The molecule has 0 aromatic heterocycles. The Hall–Kier alpha value is -2.63. The summed E-state index contributed by atoms with van der Waals surface area (Å²) in [5, 5.41) is 2.69. The second-order valence-corrected chi connectivity index (χ2v) is 10.1. The quantitative estimate of drug-likeness (QED) is 0.532. The van der Waals surface area contributed by atoms with Crippen molar-refractivity contribution in [2.24, 2.45) is 0 Å². The molecule has 164 valence electrons. The molecule has 30 heavy (non-hydrogen) atoms. The molecule has 0 aliphatic heterocycles. The lowest BCUT2D eigenvalue weighted by molar-refractivity contribution is 0.102. The Balaban J connectivity index is 2.35. The van der Waals surface area contributed by atoms with Crippen LogP contribution in [0, 0.1) is 6.92 Å². The molecule has 1 amide bonds. The van der Waals surface area contributed by atoms with Crippen LogP contribution in [-0.2, 0) is 20.0 Å². The minimum absolute atomic E-state index is 0.0163. The van der Waals surface area contributed by atoms with Crippen LogP contribution in [0.4, 0.5) is 11.4 Å². The van der Waals surface area contributed by atoms with Crippen molar-refractivity contribution in [2.75, 3.05) is 29.9 Å². The van der Waals surface area contributed by atoms with Crippen LogP contribution in [-0.4, -0.2) is 42.7 Å². The van der Waals surface area contributed by atoms with E-state index in [1.807, 2.05) is 0 Å². The number of nitrogens with one attached hydrogen (secondary N) is 3. The topological polar surface area (TPSA) is 131 Å². The Labute approximate surface area is 176 Å². The van der Waals surface area contributed by atoms with Crippen molar-refractivity contribution in [3.8, 4) is 5.75 Å². The van der Waals surface area contributed by atoms with E-state index in [9.17, 15) is 21.6 Å². The highest BCUT2D eigenvalue weighted by Gasteiger charge is 2.21. The summed E-state index contributed by atoms with van der Waals surface area (Å²) in [5.74, 6) is -0.469. The molecule has 2 rings (SSSR count). The van der Waals surface area contributed by atoms with Crippen LogP contribution in [0.25, 0.3) is 0 Å². The van der Waals surface area contributed by atoms with Gasteiger partial charge in [0.15, 0.2) is 0 Å². The Bertz CT molecular complexity index is 1140. The van der Waals surface area contributed by atoms with Crippen LogP contribution in [0.1, 0.15) is 29.3 Å². The van der Waals surface area contributed by atoms with E-state index in [0.717, 1.165) is 0 Å². The number of sulfonamides is 2. The number of carbonyl (C=O) groups excluding carboxylic acids is 1. The third kappa shape index (κ3) is 5.49. The summed E-state index contributed by atoms with van der Waals surface area (Å²) in [7, 11) is -4.74. The second kappa shape index (κ2) is 9.45. The van der Waals surface area contributed by atoms with Gasteiger partial charge in [-0.25, -0.2) is 21.6 Å². The van der Waals surface area contributed by atoms with Gasteiger partial charge in [0.1, 0.15) is 10.6 Å². The summed E-state index contributed by atoms with van der Waals surface area (Å²) >= 11 is 0. The van der Waals surface area contributed by atoms with E-state index >= 15 is 0 Å². The van der Waals surface area contributed by atoms with Crippen LogP contribution >= 0.6 is 0 Å². The van der Waals surface area contributed by atoms with E-state index in [2.05, 4.69) is 14.8 Å². The van der Waals surface area contributed by atoms with Gasteiger partial charge in [-0.15, -0.1) is 0 Å². The molecular formula is C19H25N3O6S2. The van der Waals surface area contributed by atoms with Gasteiger partial charge in [-0.3, -0.25) is 9.52 Å². The number of hydrogen-bond acceptors (Lipinski definition) is 6. The lowest BCUT2D eigenvalue weighted by Crippen LogP contribution is -2.21. The van der Waals surface area contributed by atoms with Gasteiger partial charge in [0.2, 0.25) is 20.0 Å². The van der Waals surface area contributed by atoms with Crippen molar-refractivity contribution >= 4 is 37.3 Å². The molecule has 0 spiro atoms. The highest BCUT2D eigenvalue weighted by atomic mass is 32.2. The first-order valence-electron chi connectivity index (χ1n) is 9.07. The van der Waals surface area contributed by atoms with Crippen LogP contribution in [0.2, 0.25) is 0 Å². The predicted octanol–water partition coefficient (Wildman–Crippen LogP) is 2.32. The third-order valence-corrected chi connectivity index (χ3v) is 7.22. The molecule has 0 saturated heterocycles. The summed E-state index contributed by atoms with van der Waals surface area (Å²) in [5.41, 5.74) is 1.38. The number of ether oxygens (including phenoxy) is 1. The number of carbonyl (C=O) groups is 1. The van der Waals surface area contributed by atoms with E-state index in [1.165, 1.54) is 32.4 Å².